The smallest absolute Gasteiger partial charge is 0.399 e. The third-order valence-corrected chi connectivity index (χ3v) is 8.96. The van der Waals surface area contributed by atoms with Crippen molar-refractivity contribution in [2.75, 3.05) is 11.4 Å². The van der Waals surface area contributed by atoms with Crippen molar-refractivity contribution in [1.82, 2.24) is 0 Å². The van der Waals surface area contributed by atoms with Crippen LogP contribution in [0.2, 0.25) is 0 Å². The first-order chi connectivity index (χ1) is 14.8. The zero-order valence-corrected chi connectivity index (χ0v) is 20.8. The molecule has 7 heteroatoms. The SMILES string of the molecule is Cc1c(B2OC(C)(C)C(C)(C)O2)cc(F)cc1N1CCc2c(sc3c2CC(C)(C)C3)C1=O. The number of amides is 1. The Morgan fingerprint density at radius 2 is 1.69 bits per heavy atom. The molecule has 0 bridgehead atoms. The topological polar surface area (TPSA) is 38.8 Å². The fraction of sp³-hybridized carbons (Fsp3) is 0.560. The lowest BCUT2D eigenvalue weighted by Gasteiger charge is -2.32. The van der Waals surface area contributed by atoms with Gasteiger partial charge in [-0.05, 0) is 93.6 Å². The van der Waals surface area contributed by atoms with Gasteiger partial charge in [0.2, 0.25) is 0 Å². The van der Waals surface area contributed by atoms with Crippen LogP contribution in [0.25, 0.3) is 0 Å². The van der Waals surface area contributed by atoms with Crippen LogP contribution in [-0.4, -0.2) is 30.8 Å². The van der Waals surface area contributed by atoms with Crippen LogP contribution in [0.4, 0.5) is 10.1 Å². The number of fused-ring (bicyclic) bond motifs is 3. The van der Waals surface area contributed by atoms with Crippen LogP contribution in [0, 0.1) is 18.2 Å². The van der Waals surface area contributed by atoms with Gasteiger partial charge in [-0.25, -0.2) is 4.39 Å². The molecule has 1 saturated heterocycles. The number of carbonyl (C=O) groups excluding carboxylic acids is 1. The number of nitrogens with zero attached hydrogens (tertiary/aromatic N) is 1. The lowest BCUT2D eigenvalue weighted by atomic mass is 9.75. The standard InChI is InChI=1S/C25H31BFNO3S/c1-14-18(26-30-24(4,5)25(6,7)31-26)10-15(27)11-19(14)28-9-8-16-17-12-23(2,3)13-20(17)32-21(16)22(28)29/h10-11H,8-9,12-13H2,1-7H3. The molecule has 1 aromatic heterocycles. The maximum atomic E-state index is 14.8. The van der Waals surface area contributed by atoms with Crippen molar-refractivity contribution < 1.29 is 18.5 Å². The van der Waals surface area contributed by atoms with Crippen LogP contribution >= 0.6 is 11.3 Å². The first-order valence-electron chi connectivity index (χ1n) is 11.4. The summed E-state index contributed by atoms with van der Waals surface area (Å²) in [5.41, 5.74) is 3.93. The summed E-state index contributed by atoms with van der Waals surface area (Å²) in [5, 5.41) is 0. The van der Waals surface area contributed by atoms with E-state index in [0.717, 1.165) is 29.7 Å². The molecule has 1 amide bonds. The molecule has 0 N–H and O–H groups in total. The number of anilines is 1. The van der Waals surface area contributed by atoms with E-state index >= 15 is 0 Å². The predicted molar refractivity (Wildman–Crippen MR) is 128 cm³/mol. The highest BCUT2D eigenvalue weighted by Gasteiger charge is 2.52. The van der Waals surface area contributed by atoms with E-state index in [1.807, 2.05) is 34.6 Å². The van der Waals surface area contributed by atoms with Gasteiger partial charge in [-0.15, -0.1) is 11.3 Å². The third-order valence-electron chi connectivity index (χ3n) is 7.70. The van der Waals surface area contributed by atoms with E-state index < -0.39 is 18.3 Å². The Hall–Kier alpha value is -1.70. The summed E-state index contributed by atoms with van der Waals surface area (Å²) in [5.74, 6) is -0.402. The zero-order valence-electron chi connectivity index (χ0n) is 20.0. The number of benzene rings is 1. The second-order valence-electron chi connectivity index (χ2n) is 11.3. The van der Waals surface area contributed by atoms with Crippen LogP contribution in [0.15, 0.2) is 12.1 Å². The van der Waals surface area contributed by atoms with Crippen molar-refractivity contribution in [3.8, 4) is 0 Å². The number of rotatable bonds is 2. The molecule has 0 radical (unpaired) electrons. The Kier molecular flexibility index (Phi) is 4.77. The fourth-order valence-electron chi connectivity index (χ4n) is 5.17. The largest absolute Gasteiger partial charge is 0.495 e. The molecule has 0 spiro atoms. The molecule has 0 atom stereocenters. The minimum atomic E-state index is -0.669. The van der Waals surface area contributed by atoms with Crippen molar-refractivity contribution in [2.24, 2.45) is 5.41 Å². The van der Waals surface area contributed by atoms with E-state index in [9.17, 15) is 9.18 Å². The van der Waals surface area contributed by atoms with Crippen LogP contribution in [-0.2, 0) is 28.6 Å². The van der Waals surface area contributed by atoms with Crippen LogP contribution in [0.5, 0.6) is 0 Å². The fourth-order valence-corrected chi connectivity index (χ4v) is 6.74. The zero-order chi connectivity index (χ0) is 23.2. The molecule has 0 unspecified atom stereocenters. The van der Waals surface area contributed by atoms with Gasteiger partial charge in [0.05, 0.1) is 16.1 Å². The second-order valence-corrected chi connectivity index (χ2v) is 12.4. The minimum absolute atomic E-state index is 0.0166. The van der Waals surface area contributed by atoms with Gasteiger partial charge < -0.3 is 14.2 Å². The normalized spacial score (nSPS) is 22.9. The third kappa shape index (κ3) is 3.27. The van der Waals surface area contributed by atoms with Crippen LogP contribution < -0.4 is 10.4 Å². The predicted octanol–water partition coefficient (Wildman–Crippen LogP) is 4.82. The Balaban J connectivity index is 1.50. The van der Waals surface area contributed by atoms with E-state index in [1.165, 1.54) is 28.1 Å². The van der Waals surface area contributed by atoms with Crippen molar-refractivity contribution in [1.29, 1.82) is 0 Å². The monoisotopic (exact) mass is 455 g/mol. The van der Waals surface area contributed by atoms with Crippen molar-refractivity contribution in [2.45, 2.75) is 78.9 Å². The first kappa shape index (κ1) is 22.1. The quantitative estimate of drug-likeness (QED) is 0.610. The van der Waals surface area contributed by atoms with Gasteiger partial charge >= 0.3 is 7.12 Å². The number of hydrogen-bond acceptors (Lipinski definition) is 4. The van der Waals surface area contributed by atoms with E-state index in [2.05, 4.69) is 13.8 Å². The van der Waals surface area contributed by atoms with Gasteiger partial charge in [-0.2, -0.15) is 0 Å². The first-order valence-corrected chi connectivity index (χ1v) is 12.2. The van der Waals surface area contributed by atoms with Crippen molar-refractivity contribution in [3.63, 3.8) is 0 Å². The molecule has 3 heterocycles. The maximum Gasteiger partial charge on any atom is 0.495 e. The Morgan fingerprint density at radius 3 is 2.34 bits per heavy atom. The second kappa shape index (κ2) is 6.91. The summed E-state index contributed by atoms with van der Waals surface area (Å²) in [7, 11) is -0.669. The molecule has 5 rings (SSSR count). The lowest BCUT2D eigenvalue weighted by molar-refractivity contribution is 0.00578. The summed E-state index contributed by atoms with van der Waals surface area (Å²) in [6, 6.07) is 2.94. The number of thiophene rings is 1. The average molecular weight is 455 g/mol. The highest BCUT2D eigenvalue weighted by molar-refractivity contribution is 7.14. The average Bonchev–Trinajstić information content (AvgIpc) is 3.22. The molecule has 3 aliphatic rings. The molecule has 2 aromatic rings. The van der Waals surface area contributed by atoms with Gasteiger partial charge in [0, 0.05) is 17.1 Å². The molecule has 1 fully saturated rings. The summed E-state index contributed by atoms with van der Waals surface area (Å²) in [4.78, 5) is 17.5. The van der Waals surface area contributed by atoms with Gasteiger partial charge in [0.15, 0.2) is 0 Å². The van der Waals surface area contributed by atoms with Gasteiger partial charge in [-0.3, -0.25) is 4.79 Å². The molecule has 32 heavy (non-hydrogen) atoms. The number of hydrogen-bond donors (Lipinski definition) is 0. The van der Waals surface area contributed by atoms with Gasteiger partial charge in [0.25, 0.3) is 5.91 Å². The molecular formula is C25H31BFNO3S. The van der Waals surface area contributed by atoms with E-state index in [4.69, 9.17) is 9.31 Å². The number of carbonyl (C=O) groups is 1. The minimum Gasteiger partial charge on any atom is -0.399 e. The van der Waals surface area contributed by atoms with Crippen molar-refractivity contribution in [3.05, 3.63) is 44.4 Å². The molecule has 2 aliphatic heterocycles. The van der Waals surface area contributed by atoms with Crippen LogP contribution in [0.1, 0.15) is 72.8 Å². The van der Waals surface area contributed by atoms with E-state index in [0.29, 0.717) is 17.7 Å². The molecule has 170 valence electrons. The lowest BCUT2D eigenvalue weighted by Crippen LogP contribution is -2.41. The van der Waals surface area contributed by atoms with Crippen LogP contribution in [0.3, 0.4) is 0 Å². The highest BCUT2D eigenvalue weighted by Crippen LogP contribution is 2.46. The molecule has 1 aliphatic carbocycles. The highest BCUT2D eigenvalue weighted by atomic mass is 32.1. The summed E-state index contributed by atoms with van der Waals surface area (Å²) >= 11 is 1.64. The molecule has 4 nitrogen and oxygen atoms in total. The summed E-state index contributed by atoms with van der Waals surface area (Å²) < 4.78 is 27.2. The Bertz CT molecular complexity index is 1120. The van der Waals surface area contributed by atoms with E-state index in [1.54, 1.807) is 16.2 Å². The number of halogens is 1. The van der Waals surface area contributed by atoms with Crippen molar-refractivity contribution >= 4 is 35.5 Å². The Labute approximate surface area is 194 Å². The molecule has 1 aromatic carbocycles. The van der Waals surface area contributed by atoms with E-state index in [-0.39, 0.29) is 17.1 Å². The summed E-state index contributed by atoms with van der Waals surface area (Å²) in [6.45, 7) is 15.0. The van der Waals surface area contributed by atoms with Gasteiger partial charge in [-0.1, -0.05) is 13.8 Å². The molecular weight excluding hydrogens is 424 g/mol. The van der Waals surface area contributed by atoms with Gasteiger partial charge in [0.1, 0.15) is 5.82 Å². The Morgan fingerprint density at radius 1 is 1.03 bits per heavy atom. The molecule has 0 saturated carbocycles. The summed E-state index contributed by atoms with van der Waals surface area (Å²) in [6.07, 6.45) is 2.87. The maximum absolute atomic E-state index is 14.8.